The molecule has 1 fully saturated rings. The number of benzene rings is 1. The summed E-state index contributed by atoms with van der Waals surface area (Å²) in [5, 5.41) is 2.97. The standard InChI is InChI=1S/C22H35N5O4S/c1-5-26(6-2)32(30,31)19-7-8-20-18(15-19)16-21(27(20)17(3)28)22(29)23-9-10-25-13-11-24(4)12-14-25/h7-8,15,21H,5-6,9-14,16H2,1-4H3,(H,23,29). The van der Waals surface area contributed by atoms with Crippen LogP contribution in [0.5, 0.6) is 0 Å². The number of carbonyl (C=O) groups is 2. The molecule has 0 aliphatic carbocycles. The molecule has 2 aliphatic heterocycles. The van der Waals surface area contributed by atoms with Crippen molar-refractivity contribution in [3.05, 3.63) is 23.8 Å². The van der Waals surface area contributed by atoms with E-state index in [1.165, 1.54) is 22.2 Å². The van der Waals surface area contributed by atoms with Crippen molar-refractivity contribution in [1.82, 2.24) is 19.4 Å². The molecule has 178 valence electrons. The fourth-order valence-electron chi connectivity index (χ4n) is 4.43. The van der Waals surface area contributed by atoms with Crippen molar-refractivity contribution in [2.24, 2.45) is 0 Å². The molecule has 2 heterocycles. The predicted molar refractivity (Wildman–Crippen MR) is 124 cm³/mol. The van der Waals surface area contributed by atoms with Crippen molar-refractivity contribution in [3.8, 4) is 0 Å². The topological polar surface area (TPSA) is 93.3 Å². The van der Waals surface area contributed by atoms with E-state index in [0.717, 1.165) is 32.7 Å². The zero-order valence-corrected chi connectivity index (χ0v) is 20.3. The fraction of sp³-hybridized carbons (Fsp3) is 0.636. The summed E-state index contributed by atoms with van der Waals surface area (Å²) in [5.74, 6) is -0.444. The first-order valence-electron chi connectivity index (χ1n) is 11.3. The van der Waals surface area contributed by atoms with Crippen LogP contribution in [-0.4, -0.2) is 99.8 Å². The number of nitrogens with one attached hydrogen (secondary N) is 1. The normalized spacial score (nSPS) is 19.9. The molecule has 1 saturated heterocycles. The molecule has 0 spiro atoms. The zero-order valence-electron chi connectivity index (χ0n) is 19.5. The van der Waals surface area contributed by atoms with E-state index in [-0.39, 0.29) is 16.7 Å². The second-order valence-electron chi connectivity index (χ2n) is 8.42. The molecular formula is C22H35N5O4S. The lowest BCUT2D eigenvalue weighted by Crippen LogP contribution is -2.50. The molecular weight excluding hydrogens is 430 g/mol. The minimum atomic E-state index is -3.61. The maximum Gasteiger partial charge on any atom is 0.243 e. The number of anilines is 1. The summed E-state index contributed by atoms with van der Waals surface area (Å²) >= 11 is 0. The highest BCUT2D eigenvalue weighted by Crippen LogP contribution is 2.34. The Hall–Kier alpha value is -2.01. The summed E-state index contributed by atoms with van der Waals surface area (Å²) in [4.78, 5) is 31.6. The van der Waals surface area contributed by atoms with Crippen LogP contribution in [0.2, 0.25) is 0 Å². The van der Waals surface area contributed by atoms with Gasteiger partial charge < -0.3 is 10.2 Å². The molecule has 0 aromatic heterocycles. The predicted octanol–water partition coefficient (Wildman–Crippen LogP) is 0.358. The van der Waals surface area contributed by atoms with Gasteiger partial charge in [-0.05, 0) is 30.8 Å². The van der Waals surface area contributed by atoms with Crippen molar-refractivity contribution in [2.45, 2.75) is 38.1 Å². The van der Waals surface area contributed by atoms with Crippen molar-refractivity contribution >= 4 is 27.5 Å². The van der Waals surface area contributed by atoms with E-state index in [2.05, 4.69) is 22.2 Å². The van der Waals surface area contributed by atoms with Crippen LogP contribution in [0.1, 0.15) is 26.3 Å². The van der Waals surface area contributed by atoms with Gasteiger partial charge in [-0.2, -0.15) is 4.31 Å². The monoisotopic (exact) mass is 465 g/mol. The minimum Gasteiger partial charge on any atom is -0.353 e. The van der Waals surface area contributed by atoms with Gasteiger partial charge in [0.15, 0.2) is 0 Å². The number of piperazine rings is 1. The molecule has 32 heavy (non-hydrogen) atoms. The first-order chi connectivity index (χ1) is 15.2. The van der Waals surface area contributed by atoms with Crippen LogP contribution < -0.4 is 10.2 Å². The quantitative estimate of drug-likeness (QED) is 0.596. The van der Waals surface area contributed by atoms with Gasteiger partial charge in [0.25, 0.3) is 0 Å². The van der Waals surface area contributed by atoms with Crippen LogP contribution >= 0.6 is 0 Å². The van der Waals surface area contributed by atoms with E-state index in [4.69, 9.17) is 0 Å². The van der Waals surface area contributed by atoms with Gasteiger partial charge in [-0.1, -0.05) is 13.8 Å². The first kappa shape index (κ1) is 24.6. The third-order valence-corrected chi connectivity index (χ3v) is 8.39. The Kier molecular flexibility index (Phi) is 7.92. The molecule has 2 aliphatic rings. The fourth-order valence-corrected chi connectivity index (χ4v) is 5.94. The molecule has 1 aromatic carbocycles. The summed E-state index contributed by atoms with van der Waals surface area (Å²) in [5.41, 5.74) is 1.31. The third kappa shape index (κ3) is 5.14. The second-order valence-corrected chi connectivity index (χ2v) is 10.4. The molecule has 10 heteroatoms. The Morgan fingerprint density at radius 2 is 1.78 bits per heavy atom. The lowest BCUT2D eigenvalue weighted by Gasteiger charge is -2.32. The van der Waals surface area contributed by atoms with E-state index in [1.54, 1.807) is 26.0 Å². The molecule has 0 bridgehead atoms. The Morgan fingerprint density at radius 3 is 2.38 bits per heavy atom. The van der Waals surface area contributed by atoms with Crippen molar-refractivity contribution in [2.75, 3.05) is 64.3 Å². The smallest absolute Gasteiger partial charge is 0.243 e. The van der Waals surface area contributed by atoms with Gasteiger partial charge >= 0.3 is 0 Å². The van der Waals surface area contributed by atoms with Crippen molar-refractivity contribution in [1.29, 1.82) is 0 Å². The van der Waals surface area contributed by atoms with Gasteiger partial charge in [0.05, 0.1) is 4.90 Å². The van der Waals surface area contributed by atoms with E-state index in [9.17, 15) is 18.0 Å². The van der Waals surface area contributed by atoms with E-state index >= 15 is 0 Å². The van der Waals surface area contributed by atoms with Gasteiger partial charge in [0.2, 0.25) is 21.8 Å². The number of sulfonamides is 1. The number of likely N-dealkylation sites (N-methyl/N-ethyl adjacent to an activating group) is 1. The van der Waals surface area contributed by atoms with Crippen LogP contribution in [0, 0.1) is 0 Å². The maximum atomic E-state index is 12.9. The van der Waals surface area contributed by atoms with Crippen LogP contribution in [0.15, 0.2) is 23.1 Å². The number of nitrogens with zero attached hydrogens (tertiary/aromatic N) is 4. The van der Waals surface area contributed by atoms with Gasteiger partial charge in [0.1, 0.15) is 6.04 Å². The number of carbonyl (C=O) groups excluding carboxylic acids is 2. The Balaban J connectivity index is 1.70. The molecule has 1 N–H and O–H groups in total. The Labute approximate surface area is 191 Å². The first-order valence-corrected chi connectivity index (χ1v) is 12.7. The van der Waals surface area contributed by atoms with Crippen LogP contribution in [0.3, 0.4) is 0 Å². The van der Waals surface area contributed by atoms with Crippen molar-refractivity contribution < 1.29 is 18.0 Å². The van der Waals surface area contributed by atoms with E-state index in [0.29, 0.717) is 37.3 Å². The zero-order chi connectivity index (χ0) is 23.5. The lowest BCUT2D eigenvalue weighted by atomic mass is 10.1. The summed E-state index contributed by atoms with van der Waals surface area (Å²) in [6.45, 7) is 11.1. The number of hydrogen-bond donors (Lipinski definition) is 1. The molecule has 1 unspecified atom stereocenters. The number of fused-ring (bicyclic) bond motifs is 1. The summed E-state index contributed by atoms with van der Waals surface area (Å²) in [6, 6.07) is 4.11. The molecule has 2 amide bonds. The van der Waals surface area contributed by atoms with Crippen LogP contribution in [0.25, 0.3) is 0 Å². The second kappa shape index (κ2) is 10.3. The Bertz CT molecular complexity index is 940. The average Bonchev–Trinajstić information content (AvgIpc) is 3.15. The van der Waals surface area contributed by atoms with Gasteiger partial charge in [0, 0.05) is 71.4 Å². The van der Waals surface area contributed by atoms with Gasteiger partial charge in [-0.15, -0.1) is 0 Å². The SMILES string of the molecule is CCN(CC)S(=O)(=O)c1ccc2c(c1)CC(C(=O)NCCN1CCN(C)CC1)N2C(C)=O. The largest absolute Gasteiger partial charge is 0.353 e. The molecule has 3 rings (SSSR count). The lowest BCUT2D eigenvalue weighted by molar-refractivity contribution is -0.125. The Morgan fingerprint density at radius 1 is 1.12 bits per heavy atom. The van der Waals surface area contributed by atoms with Gasteiger partial charge in [-0.3, -0.25) is 19.4 Å². The van der Waals surface area contributed by atoms with Crippen LogP contribution in [0.4, 0.5) is 5.69 Å². The molecule has 0 radical (unpaired) electrons. The third-order valence-electron chi connectivity index (χ3n) is 6.34. The van der Waals surface area contributed by atoms with Crippen LogP contribution in [-0.2, 0) is 26.0 Å². The summed E-state index contributed by atoms with van der Waals surface area (Å²) < 4.78 is 27.2. The molecule has 9 nitrogen and oxygen atoms in total. The maximum absolute atomic E-state index is 12.9. The molecule has 1 aromatic rings. The summed E-state index contributed by atoms with van der Waals surface area (Å²) in [7, 11) is -1.51. The number of amides is 2. The molecule has 1 atom stereocenters. The van der Waals surface area contributed by atoms with E-state index < -0.39 is 16.1 Å². The highest BCUT2D eigenvalue weighted by atomic mass is 32.2. The van der Waals surface area contributed by atoms with Crippen molar-refractivity contribution in [3.63, 3.8) is 0 Å². The number of rotatable bonds is 8. The summed E-state index contributed by atoms with van der Waals surface area (Å²) in [6.07, 6.45) is 0.302. The highest BCUT2D eigenvalue weighted by Gasteiger charge is 2.38. The van der Waals surface area contributed by atoms with Gasteiger partial charge in [-0.25, -0.2) is 8.42 Å². The average molecular weight is 466 g/mol. The molecule has 0 saturated carbocycles. The minimum absolute atomic E-state index is 0.194. The number of hydrogen-bond acceptors (Lipinski definition) is 6. The highest BCUT2D eigenvalue weighted by molar-refractivity contribution is 7.89. The van der Waals surface area contributed by atoms with E-state index in [1.807, 2.05) is 0 Å².